The molecule has 0 saturated carbocycles. The molecule has 0 aromatic heterocycles. The summed E-state index contributed by atoms with van der Waals surface area (Å²) >= 11 is 9.81. The van der Waals surface area contributed by atoms with Gasteiger partial charge in [-0.25, -0.2) is 0 Å². The minimum Gasteiger partial charge on any atom is -0.508 e. The van der Waals surface area contributed by atoms with Crippen molar-refractivity contribution in [1.29, 1.82) is 0 Å². The normalized spacial score (nSPS) is 22.6. The van der Waals surface area contributed by atoms with Gasteiger partial charge in [0.15, 0.2) is 0 Å². The third-order valence-corrected chi connectivity index (χ3v) is 5.22. The first kappa shape index (κ1) is 14.9. The fraction of sp³-hybridized carbons (Fsp3) is 0.294. The van der Waals surface area contributed by atoms with Gasteiger partial charge >= 0.3 is 0 Å². The predicted octanol–water partition coefficient (Wildman–Crippen LogP) is 4.97. The summed E-state index contributed by atoms with van der Waals surface area (Å²) in [6.07, 6.45) is 1.05. The average molecular weight is 367 g/mol. The van der Waals surface area contributed by atoms with Crippen LogP contribution in [0.15, 0.2) is 46.9 Å². The Morgan fingerprint density at radius 2 is 1.95 bits per heavy atom. The second-order valence-corrected chi connectivity index (χ2v) is 6.84. The number of halogens is 2. The maximum absolute atomic E-state index is 10.2. The Bertz CT molecular complexity index is 661. The Hall–Kier alpha value is -1.03. The lowest BCUT2D eigenvalue weighted by molar-refractivity contribution is 0.295. The molecule has 1 aliphatic heterocycles. The van der Waals surface area contributed by atoms with Crippen molar-refractivity contribution in [2.75, 3.05) is 13.6 Å². The first-order chi connectivity index (χ1) is 10.1. The number of benzene rings is 2. The molecular formula is C17H17BrClNO. The second-order valence-electron chi connectivity index (χ2n) is 5.55. The number of phenols is 1. The lowest BCUT2D eigenvalue weighted by Crippen LogP contribution is -2.20. The van der Waals surface area contributed by atoms with Crippen LogP contribution in [0.2, 0.25) is 5.02 Å². The maximum Gasteiger partial charge on any atom is 0.120 e. The fourth-order valence-corrected chi connectivity index (χ4v) is 3.98. The molecule has 0 radical (unpaired) electrons. The monoisotopic (exact) mass is 365 g/mol. The highest BCUT2D eigenvalue weighted by molar-refractivity contribution is 9.10. The van der Waals surface area contributed by atoms with Crippen LogP contribution in [0.5, 0.6) is 5.75 Å². The topological polar surface area (TPSA) is 23.5 Å². The summed E-state index contributed by atoms with van der Waals surface area (Å²) in [6, 6.07) is 13.7. The molecule has 1 N–H and O–H groups in total. The molecule has 3 rings (SSSR count). The summed E-state index contributed by atoms with van der Waals surface area (Å²) in [6.45, 7) is 1.00. The zero-order chi connectivity index (χ0) is 15.0. The summed E-state index contributed by atoms with van der Waals surface area (Å²) < 4.78 is 1.08. The van der Waals surface area contributed by atoms with Crippen molar-refractivity contribution in [3.05, 3.63) is 63.1 Å². The van der Waals surface area contributed by atoms with Gasteiger partial charge in [0, 0.05) is 27.0 Å². The van der Waals surface area contributed by atoms with Crippen molar-refractivity contribution in [3.63, 3.8) is 0 Å². The number of likely N-dealkylation sites (tertiary alicyclic amines) is 1. The molecule has 4 heteroatoms. The van der Waals surface area contributed by atoms with Crippen molar-refractivity contribution >= 4 is 27.5 Å². The number of rotatable bonds is 2. The quantitative estimate of drug-likeness (QED) is 0.811. The molecule has 0 bridgehead atoms. The van der Waals surface area contributed by atoms with Crippen LogP contribution < -0.4 is 0 Å². The molecule has 1 heterocycles. The molecule has 0 amide bonds. The molecule has 2 nitrogen and oxygen atoms in total. The zero-order valence-corrected chi connectivity index (χ0v) is 14.1. The van der Waals surface area contributed by atoms with Gasteiger partial charge in [0.25, 0.3) is 0 Å². The summed E-state index contributed by atoms with van der Waals surface area (Å²) in [5.41, 5.74) is 2.19. The number of hydrogen-bond donors (Lipinski definition) is 1. The van der Waals surface area contributed by atoms with Gasteiger partial charge in [-0.2, -0.15) is 0 Å². The number of nitrogens with zero attached hydrogens (tertiary/aromatic N) is 1. The molecule has 110 valence electrons. The standard InChI is InChI=1S/C17H17BrClNO/c1-20-9-8-12(14-10-11(19)6-7-15(14)18)17(20)13-4-2-3-5-16(13)21/h2-7,10,12,17,21H,8-9H2,1H3/t12-,17+/m0/s1. The summed E-state index contributed by atoms with van der Waals surface area (Å²) in [4.78, 5) is 2.30. The highest BCUT2D eigenvalue weighted by atomic mass is 79.9. The Morgan fingerprint density at radius 1 is 1.19 bits per heavy atom. The van der Waals surface area contributed by atoms with E-state index in [2.05, 4.69) is 27.9 Å². The summed E-state index contributed by atoms with van der Waals surface area (Å²) in [5, 5.41) is 11.0. The van der Waals surface area contributed by atoms with E-state index in [9.17, 15) is 5.11 Å². The van der Waals surface area contributed by atoms with Crippen molar-refractivity contribution in [2.45, 2.75) is 18.4 Å². The first-order valence-corrected chi connectivity index (χ1v) is 8.18. The van der Waals surface area contributed by atoms with Crippen LogP contribution in [0.1, 0.15) is 29.5 Å². The number of likely N-dealkylation sites (N-methyl/N-ethyl adjacent to an activating group) is 1. The summed E-state index contributed by atoms with van der Waals surface area (Å²) in [5.74, 6) is 0.677. The number of hydrogen-bond acceptors (Lipinski definition) is 2. The molecule has 2 aromatic rings. The van der Waals surface area contributed by atoms with Gasteiger partial charge in [0.05, 0.1) is 0 Å². The van der Waals surface area contributed by atoms with Crippen LogP contribution in [0, 0.1) is 0 Å². The molecule has 0 aliphatic carbocycles. The van der Waals surface area contributed by atoms with E-state index in [0.717, 1.165) is 28.0 Å². The van der Waals surface area contributed by atoms with E-state index in [1.54, 1.807) is 6.07 Å². The number of para-hydroxylation sites is 1. The Balaban J connectivity index is 2.06. The third kappa shape index (κ3) is 2.83. The molecule has 2 atom stereocenters. The Kier molecular flexibility index (Phi) is 4.25. The van der Waals surface area contributed by atoms with Crippen molar-refractivity contribution in [2.24, 2.45) is 0 Å². The van der Waals surface area contributed by atoms with E-state index >= 15 is 0 Å². The van der Waals surface area contributed by atoms with Gasteiger partial charge in [-0.3, -0.25) is 4.90 Å². The highest BCUT2D eigenvalue weighted by Gasteiger charge is 2.36. The largest absolute Gasteiger partial charge is 0.508 e. The summed E-state index contributed by atoms with van der Waals surface area (Å²) in [7, 11) is 2.11. The SMILES string of the molecule is CN1CC[C@@H](c2cc(Cl)ccc2Br)[C@@H]1c1ccccc1O. The molecule has 2 aromatic carbocycles. The zero-order valence-electron chi connectivity index (χ0n) is 11.8. The van der Waals surface area contributed by atoms with Crippen molar-refractivity contribution in [1.82, 2.24) is 4.90 Å². The smallest absolute Gasteiger partial charge is 0.120 e. The van der Waals surface area contributed by atoms with E-state index in [-0.39, 0.29) is 6.04 Å². The van der Waals surface area contributed by atoms with E-state index in [4.69, 9.17) is 11.6 Å². The number of aromatic hydroxyl groups is 1. The Morgan fingerprint density at radius 3 is 2.71 bits per heavy atom. The molecule has 21 heavy (non-hydrogen) atoms. The molecule has 1 saturated heterocycles. The van der Waals surface area contributed by atoms with Crippen LogP contribution in [-0.4, -0.2) is 23.6 Å². The van der Waals surface area contributed by atoms with Gasteiger partial charge in [-0.15, -0.1) is 0 Å². The molecule has 1 fully saturated rings. The van der Waals surface area contributed by atoms with Crippen LogP contribution >= 0.6 is 27.5 Å². The first-order valence-electron chi connectivity index (χ1n) is 7.01. The lowest BCUT2D eigenvalue weighted by atomic mass is 9.87. The van der Waals surface area contributed by atoms with Gasteiger partial charge < -0.3 is 5.11 Å². The van der Waals surface area contributed by atoms with Gasteiger partial charge in [-0.1, -0.05) is 45.7 Å². The van der Waals surface area contributed by atoms with Crippen LogP contribution in [0.4, 0.5) is 0 Å². The van der Waals surface area contributed by atoms with Crippen LogP contribution in [0.3, 0.4) is 0 Å². The predicted molar refractivity (Wildman–Crippen MR) is 90.0 cm³/mol. The molecule has 1 aliphatic rings. The maximum atomic E-state index is 10.2. The van der Waals surface area contributed by atoms with Gasteiger partial charge in [0.2, 0.25) is 0 Å². The van der Waals surface area contributed by atoms with Crippen molar-refractivity contribution < 1.29 is 5.11 Å². The van der Waals surface area contributed by atoms with E-state index in [1.165, 1.54) is 5.56 Å². The molecule has 0 unspecified atom stereocenters. The van der Waals surface area contributed by atoms with E-state index in [0.29, 0.717) is 11.7 Å². The van der Waals surface area contributed by atoms with E-state index in [1.807, 2.05) is 36.4 Å². The Labute approximate surface area is 138 Å². The van der Waals surface area contributed by atoms with Crippen LogP contribution in [-0.2, 0) is 0 Å². The van der Waals surface area contributed by atoms with Gasteiger partial charge in [-0.05, 0) is 49.8 Å². The molecular weight excluding hydrogens is 350 g/mol. The number of phenolic OH excluding ortho intramolecular Hbond substituents is 1. The minimum atomic E-state index is 0.168. The van der Waals surface area contributed by atoms with E-state index < -0.39 is 0 Å². The van der Waals surface area contributed by atoms with Crippen molar-refractivity contribution in [3.8, 4) is 5.75 Å². The van der Waals surface area contributed by atoms with Crippen LogP contribution in [0.25, 0.3) is 0 Å². The average Bonchev–Trinajstić information content (AvgIpc) is 2.84. The third-order valence-electron chi connectivity index (χ3n) is 4.26. The lowest BCUT2D eigenvalue weighted by Gasteiger charge is -2.27. The second kappa shape index (κ2) is 5.99. The fourth-order valence-electron chi connectivity index (χ4n) is 3.26. The molecule has 0 spiro atoms. The minimum absolute atomic E-state index is 0.168. The highest BCUT2D eigenvalue weighted by Crippen LogP contribution is 2.47. The van der Waals surface area contributed by atoms with Gasteiger partial charge in [0.1, 0.15) is 5.75 Å².